The van der Waals surface area contributed by atoms with Crippen molar-refractivity contribution in [3.63, 3.8) is 0 Å². The van der Waals surface area contributed by atoms with Crippen LogP contribution in [0.25, 0.3) is 6.08 Å². The van der Waals surface area contributed by atoms with Crippen molar-refractivity contribution < 1.29 is 9.90 Å². The monoisotopic (exact) mass is 251 g/mol. The van der Waals surface area contributed by atoms with Crippen LogP contribution in [0.3, 0.4) is 0 Å². The average molecular weight is 252 g/mol. The molecule has 0 fully saturated rings. The van der Waals surface area contributed by atoms with Gasteiger partial charge in [0.15, 0.2) is 0 Å². The molecule has 0 aliphatic carbocycles. The summed E-state index contributed by atoms with van der Waals surface area (Å²) < 4.78 is 0.703. The van der Waals surface area contributed by atoms with Crippen molar-refractivity contribution >= 4 is 28.0 Å². The van der Waals surface area contributed by atoms with Gasteiger partial charge in [0.25, 0.3) is 0 Å². The molecule has 70 valence electrons. The fraction of sp³-hybridized carbons (Fsp3) is 0. The Bertz CT molecular complexity index is 432. The van der Waals surface area contributed by atoms with Crippen LogP contribution < -0.4 is 0 Å². The minimum Gasteiger partial charge on any atom is -0.478 e. The van der Waals surface area contributed by atoms with E-state index in [-0.39, 0.29) is 0 Å². The molecule has 0 saturated carbocycles. The third kappa shape index (κ3) is 2.71. The van der Waals surface area contributed by atoms with Crippen LogP contribution in [-0.2, 0) is 4.79 Å². The molecule has 0 aromatic heterocycles. The molecule has 0 aliphatic rings. The van der Waals surface area contributed by atoms with Gasteiger partial charge in [0.2, 0.25) is 0 Å². The molecule has 0 aliphatic heterocycles. The standard InChI is InChI=1S/C10H6BrNO2/c11-9-5-7(6-12)1-2-8(9)3-4-10(13)14/h1-5H,(H,13,14)/b4-3+. The van der Waals surface area contributed by atoms with Crippen LogP contribution in [0.15, 0.2) is 28.7 Å². The van der Waals surface area contributed by atoms with Gasteiger partial charge in [0.05, 0.1) is 11.6 Å². The molecule has 1 aromatic carbocycles. The lowest BCUT2D eigenvalue weighted by Crippen LogP contribution is -1.86. The Morgan fingerprint density at radius 3 is 2.79 bits per heavy atom. The molecule has 1 N–H and O–H groups in total. The Labute approximate surface area is 89.4 Å². The Morgan fingerprint density at radius 2 is 2.29 bits per heavy atom. The van der Waals surface area contributed by atoms with Crippen LogP contribution in [0, 0.1) is 11.3 Å². The van der Waals surface area contributed by atoms with Gasteiger partial charge in [-0.05, 0) is 23.8 Å². The fourth-order valence-electron chi connectivity index (χ4n) is 0.893. The summed E-state index contributed by atoms with van der Waals surface area (Å²) in [5.41, 5.74) is 1.26. The van der Waals surface area contributed by atoms with Crippen LogP contribution in [-0.4, -0.2) is 11.1 Å². The van der Waals surface area contributed by atoms with Crippen LogP contribution in [0.2, 0.25) is 0 Å². The van der Waals surface area contributed by atoms with Crippen molar-refractivity contribution in [3.05, 3.63) is 39.9 Å². The zero-order chi connectivity index (χ0) is 10.6. The molecule has 14 heavy (non-hydrogen) atoms. The molecular formula is C10H6BrNO2. The topological polar surface area (TPSA) is 61.1 Å². The molecule has 1 rings (SSSR count). The number of carboxylic acids is 1. The number of nitrogens with zero attached hydrogens (tertiary/aromatic N) is 1. The molecule has 0 saturated heterocycles. The summed E-state index contributed by atoms with van der Waals surface area (Å²) in [6.45, 7) is 0. The van der Waals surface area contributed by atoms with Crippen LogP contribution >= 0.6 is 15.9 Å². The average Bonchev–Trinajstić information content (AvgIpc) is 2.15. The van der Waals surface area contributed by atoms with Gasteiger partial charge < -0.3 is 5.11 Å². The van der Waals surface area contributed by atoms with E-state index in [9.17, 15) is 4.79 Å². The lowest BCUT2D eigenvalue weighted by Gasteiger charge is -1.97. The molecule has 3 nitrogen and oxygen atoms in total. The summed E-state index contributed by atoms with van der Waals surface area (Å²) in [6.07, 6.45) is 2.51. The van der Waals surface area contributed by atoms with Crippen LogP contribution in [0.5, 0.6) is 0 Å². The quantitative estimate of drug-likeness (QED) is 0.822. The fourth-order valence-corrected chi connectivity index (χ4v) is 1.40. The Hall–Kier alpha value is -1.60. The Kier molecular flexibility index (Phi) is 3.43. The van der Waals surface area contributed by atoms with E-state index in [2.05, 4.69) is 15.9 Å². The first-order valence-corrected chi connectivity index (χ1v) is 4.53. The smallest absolute Gasteiger partial charge is 0.328 e. The largest absolute Gasteiger partial charge is 0.478 e. The van der Waals surface area contributed by atoms with Crippen molar-refractivity contribution in [2.45, 2.75) is 0 Å². The van der Waals surface area contributed by atoms with Crippen LogP contribution in [0.4, 0.5) is 0 Å². The van der Waals surface area contributed by atoms with Gasteiger partial charge >= 0.3 is 5.97 Å². The molecule has 0 heterocycles. The van der Waals surface area contributed by atoms with E-state index in [1.165, 1.54) is 6.08 Å². The highest BCUT2D eigenvalue weighted by molar-refractivity contribution is 9.10. The number of rotatable bonds is 2. The summed E-state index contributed by atoms with van der Waals surface area (Å²) >= 11 is 3.24. The number of carbonyl (C=O) groups is 1. The number of hydrogen-bond donors (Lipinski definition) is 1. The normalized spacial score (nSPS) is 10.0. The number of benzene rings is 1. The minimum absolute atomic E-state index is 0.532. The SMILES string of the molecule is N#Cc1ccc(/C=C/C(=O)O)c(Br)c1. The number of carboxylic acid groups (broad SMARTS) is 1. The van der Waals surface area contributed by atoms with Gasteiger partial charge in [0.1, 0.15) is 0 Å². The summed E-state index contributed by atoms with van der Waals surface area (Å²) in [5.74, 6) is -0.999. The van der Waals surface area contributed by atoms with Crippen molar-refractivity contribution in [2.75, 3.05) is 0 Å². The highest BCUT2D eigenvalue weighted by Gasteiger charge is 1.98. The van der Waals surface area contributed by atoms with E-state index >= 15 is 0 Å². The first-order valence-electron chi connectivity index (χ1n) is 3.74. The maximum absolute atomic E-state index is 10.3. The van der Waals surface area contributed by atoms with Crippen molar-refractivity contribution in [2.24, 2.45) is 0 Å². The first-order chi connectivity index (χ1) is 6.63. The third-order valence-electron chi connectivity index (χ3n) is 1.54. The summed E-state index contributed by atoms with van der Waals surface area (Å²) in [4.78, 5) is 10.3. The van der Waals surface area contributed by atoms with Crippen molar-refractivity contribution in [1.29, 1.82) is 5.26 Å². The van der Waals surface area contributed by atoms with Gasteiger partial charge in [-0.15, -0.1) is 0 Å². The molecule has 0 spiro atoms. The maximum atomic E-state index is 10.3. The van der Waals surface area contributed by atoms with Crippen LogP contribution in [0.1, 0.15) is 11.1 Å². The zero-order valence-corrected chi connectivity index (χ0v) is 8.65. The van der Waals surface area contributed by atoms with Gasteiger partial charge in [-0.25, -0.2) is 4.79 Å². The third-order valence-corrected chi connectivity index (χ3v) is 2.22. The van der Waals surface area contributed by atoms with E-state index in [0.717, 1.165) is 11.6 Å². The van der Waals surface area contributed by atoms with E-state index in [1.54, 1.807) is 18.2 Å². The molecular weight excluding hydrogens is 246 g/mol. The second-order valence-electron chi connectivity index (χ2n) is 2.52. The molecule has 0 atom stereocenters. The maximum Gasteiger partial charge on any atom is 0.328 e. The molecule has 0 amide bonds. The molecule has 0 unspecified atom stereocenters. The lowest BCUT2D eigenvalue weighted by molar-refractivity contribution is -0.131. The van der Waals surface area contributed by atoms with Gasteiger partial charge in [-0.3, -0.25) is 0 Å². The van der Waals surface area contributed by atoms with Crippen molar-refractivity contribution in [3.8, 4) is 6.07 Å². The van der Waals surface area contributed by atoms with Gasteiger partial charge in [-0.1, -0.05) is 22.0 Å². The van der Waals surface area contributed by atoms with E-state index in [1.807, 2.05) is 6.07 Å². The number of hydrogen-bond acceptors (Lipinski definition) is 2. The molecule has 4 heteroatoms. The summed E-state index contributed by atoms with van der Waals surface area (Å²) in [6, 6.07) is 6.94. The van der Waals surface area contributed by atoms with E-state index < -0.39 is 5.97 Å². The second-order valence-corrected chi connectivity index (χ2v) is 3.37. The minimum atomic E-state index is -0.999. The Balaban J connectivity index is 3.02. The van der Waals surface area contributed by atoms with E-state index in [0.29, 0.717) is 10.0 Å². The van der Waals surface area contributed by atoms with E-state index in [4.69, 9.17) is 10.4 Å². The second kappa shape index (κ2) is 4.58. The van der Waals surface area contributed by atoms with Gasteiger partial charge in [-0.2, -0.15) is 5.26 Å². The predicted octanol–water partition coefficient (Wildman–Crippen LogP) is 2.42. The predicted molar refractivity (Wildman–Crippen MR) is 55.5 cm³/mol. The number of nitriles is 1. The highest BCUT2D eigenvalue weighted by Crippen LogP contribution is 2.19. The zero-order valence-electron chi connectivity index (χ0n) is 7.07. The first kappa shape index (κ1) is 10.5. The summed E-state index contributed by atoms with van der Waals surface area (Å²) in [7, 11) is 0. The van der Waals surface area contributed by atoms with Gasteiger partial charge in [0, 0.05) is 10.5 Å². The highest BCUT2D eigenvalue weighted by atomic mass is 79.9. The lowest BCUT2D eigenvalue weighted by atomic mass is 10.1. The molecule has 1 aromatic rings. The van der Waals surface area contributed by atoms with Crippen molar-refractivity contribution in [1.82, 2.24) is 0 Å². The molecule has 0 radical (unpaired) electrons. The molecule has 0 bridgehead atoms. The number of aliphatic carboxylic acids is 1. The Morgan fingerprint density at radius 1 is 1.57 bits per heavy atom. The number of halogens is 1. The summed E-state index contributed by atoms with van der Waals surface area (Å²) in [5, 5.41) is 17.0.